The first-order valence-corrected chi connectivity index (χ1v) is 10.6. The van der Waals surface area contributed by atoms with Crippen molar-refractivity contribution in [1.82, 2.24) is 0 Å². The van der Waals surface area contributed by atoms with Gasteiger partial charge in [-0.05, 0) is 38.2 Å². The van der Waals surface area contributed by atoms with Crippen LogP contribution in [0.4, 0.5) is 5.69 Å². The number of benzene rings is 1. The van der Waals surface area contributed by atoms with Crippen LogP contribution in [0.3, 0.4) is 0 Å². The van der Waals surface area contributed by atoms with Gasteiger partial charge in [0.25, 0.3) is 0 Å². The van der Waals surface area contributed by atoms with E-state index in [4.69, 9.17) is 9.73 Å². The fourth-order valence-corrected chi connectivity index (χ4v) is 3.84. The van der Waals surface area contributed by atoms with Gasteiger partial charge < -0.3 is 4.74 Å². The van der Waals surface area contributed by atoms with Gasteiger partial charge in [-0.3, -0.25) is 0 Å². The second-order valence-electron chi connectivity index (χ2n) is 7.49. The van der Waals surface area contributed by atoms with Gasteiger partial charge >= 0.3 is 0 Å². The Morgan fingerprint density at radius 3 is 2.04 bits per heavy atom. The maximum Gasteiger partial charge on any atom is 0.189 e. The summed E-state index contributed by atoms with van der Waals surface area (Å²) >= 11 is 0. The third-order valence-corrected chi connectivity index (χ3v) is 5.32. The van der Waals surface area contributed by atoms with Crippen molar-refractivity contribution in [2.45, 2.75) is 103 Å². The number of hydrogen-bond acceptors (Lipinski definition) is 2. The van der Waals surface area contributed by atoms with Gasteiger partial charge in [0, 0.05) is 12.0 Å². The Kier molecular flexibility index (Phi) is 8.51. The van der Waals surface area contributed by atoms with E-state index in [0.29, 0.717) is 0 Å². The van der Waals surface area contributed by atoms with E-state index in [1.54, 1.807) is 0 Å². The zero-order chi connectivity index (χ0) is 18.0. The molecule has 25 heavy (non-hydrogen) atoms. The number of para-hydroxylation sites is 1. The van der Waals surface area contributed by atoms with Crippen molar-refractivity contribution in [3.63, 3.8) is 0 Å². The molecule has 2 nitrogen and oxygen atoms in total. The molecule has 0 fully saturated rings. The van der Waals surface area contributed by atoms with Crippen LogP contribution in [0.15, 0.2) is 29.3 Å². The minimum absolute atomic E-state index is 0.149. The van der Waals surface area contributed by atoms with Gasteiger partial charge in [0.05, 0.1) is 5.69 Å². The molecule has 0 radical (unpaired) electrons. The molecule has 0 amide bonds. The van der Waals surface area contributed by atoms with Crippen molar-refractivity contribution in [2.24, 2.45) is 4.99 Å². The molecule has 0 unspecified atom stereocenters. The van der Waals surface area contributed by atoms with Crippen LogP contribution in [-0.2, 0) is 10.3 Å². The summed E-state index contributed by atoms with van der Waals surface area (Å²) in [5.41, 5.74) is 2.32. The van der Waals surface area contributed by atoms with Gasteiger partial charge in [-0.1, -0.05) is 77.5 Å². The Hall–Kier alpha value is -1.31. The largest absolute Gasteiger partial charge is 0.469 e. The van der Waals surface area contributed by atoms with Crippen LogP contribution in [0.1, 0.15) is 103 Å². The second kappa shape index (κ2) is 10.6. The average molecular weight is 344 g/mol. The van der Waals surface area contributed by atoms with E-state index in [-0.39, 0.29) is 5.60 Å². The highest BCUT2D eigenvalue weighted by molar-refractivity contribution is 5.82. The summed E-state index contributed by atoms with van der Waals surface area (Å²) in [6.45, 7) is 6.80. The lowest BCUT2D eigenvalue weighted by molar-refractivity contribution is 0.0218. The molecular formula is C23H37NO. The van der Waals surface area contributed by atoms with Gasteiger partial charge in [0.1, 0.15) is 5.60 Å². The van der Waals surface area contributed by atoms with E-state index in [1.807, 2.05) is 0 Å². The summed E-state index contributed by atoms with van der Waals surface area (Å²) in [6.07, 6.45) is 14.4. The highest BCUT2D eigenvalue weighted by atomic mass is 16.5. The molecule has 0 aliphatic carbocycles. The molecule has 1 aliphatic heterocycles. The lowest BCUT2D eigenvalue weighted by atomic mass is 9.81. The standard InChI is InChI=1S/C23H37NO/c1-4-7-10-17-22-24-21-16-12-11-15-20(21)23(25-22,18-13-8-5-2)19-14-9-6-3/h11-12,15-16H,4-10,13-14,17-19H2,1-3H3. The van der Waals surface area contributed by atoms with Crippen LogP contribution in [0.5, 0.6) is 0 Å². The predicted molar refractivity (Wildman–Crippen MR) is 109 cm³/mol. The molecule has 140 valence electrons. The number of unbranched alkanes of at least 4 members (excludes halogenated alkanes) is 6. The molecule has 1 aromatic rings. The fraction of sp³-hybridized carbons (Fsp3) is 0.696. The van der Waals surface area contributed by atoms with Crippen molar-refractivity contribution in [3.05, 3.63) is 29.8 Å². The molecule has 0 saturated carbocycles. The van der Waals surface area contributed by atoms with Crippen molar-refractivity contribution >= 4 is 11.6 Å². The molecule has 2 rings (SSSR count). The van der Waals surface area contributed by atoms with Crippen LogP contribution >= 0.6 is 0 Å². The SMILES string of the molecule is CCCCCC1=Nc2ccccc2C(CCCCC)(CCCCC)O1. The van der Waals surface area contributed by atoms with Gasteiger partial charge in [-0.15, -0.1) is 0 Å². The van der Waals surface area contributed by atoms with E-state index in [2.05, 4.69) is 45.0 Å². The minimum Gasteiger partial charge on any atom is -0.469 e. The van der Waals surface area contributed by atoms with E-state index in [0.717, 1.165) is 30.8 Å². The Balaban J connectivity index is 2.25. The fourth-order valence-electron chi connectivity index (χ4n) is 3.84. The van der Waals surface area contributed by atoms with Crippen molar-refractivity contribution in [1.29, 1.82) is 0 Å². The molecule has 0 N–H and O–H groups in total. The summed E-state index contributed by atoms with van der Waals surface area (Å²) < 4.78 is 6.69. The topological polar surface area (TPSA) is 21.6 Å². The monoisotopic (exact) mass is 343 g/mol. The highest BCUT2D eigenvalue weighted by Gasteiger charge is 2.39. The van der Waals surface area contributed by atoms with Crippen LogP contribution < -0.4 is 0 Å². The Morgan fingerprint density at radius 1 is 0.800 bits per heavy atom. The van der Waals surface area contributed by atoms with E-state index in [9.17, 15) is 0 Å². The lowest BCUT2D eigenvalue weighted by Gasteiger charge is -2.39. The maximum atomic E-state index is 6.69. The number of aliphatic imine (C=N–C) groups is 1. The number of fused-ring (bicyclic) bond motifs is 1. The summed E-state index contributed by atoms with van der Waals surface area (Å²) in [5.74, 6) is 0.972. The zero-order valence-electron chi connectivity index (χ0n) is 16.7. The molecule has 0 atom stereocenters. The molecular weight excluding hydrogens is 306 g/mol. The third kappa shape index (κ3) is 5.59. The zero-order valence-corrected chi connectivity index (χ0v) is 16.7. The molecule has 2 heteroatoms. The molecule has 0 spiro atoms. The molecule has 1 heterocycles. The molecule has 1 aliphatic rings. The highest BCUT2D eigenvalue weighted by Crippen LogP contribution is 2.45. The quantitative estimate of drug-likeness (QED) is 0.356. The first-order valence-electron chi connectivity index (χ1n) is 10.6. The molecule has 0 bridgehead atoms. The van der Waals surface area contributed by atoms with Gasteiger partial charge in [-0.25, -0.2) is 4.99 Å². The second-order valence-corrected chi connectivity index (χ2v) is 7.49. The van der Waals surface area contributed by atoms with Gasteiger partial charge in [0.15, 0.2) is 5.90 Å². The van der Waals surface area contributed by atoms with E-state index in [1.165, 1.54) is 63.4 Å². The normalized spacial score (nSPS) is 15.4. The number of ether oxygens (including phenoxy) is 1. The van der Waals surface area contributed by atoms with Crippen LogP contribution in [0, 0.1) is 0 Å². The predicted octanol–water partition coefficient (Wildman–Crippen LogP) is 7.68. The van der Waals surface area contributed by atoms with Crippen LogP contribution in [0.2, 0.25) is 0 Å². The van der Waals surface area contributed by atoms with Crippen LogP contribution in [0.25, 0.3) is 0 Å². The van der Waals surface area contributed by atoms with Crippen molar-refractivity contribution < 1.29 is 4.74 Å². The lowest BCUT2D eigenvalue weighted by Crippen LogP contribution is -2.35. The van der Waals surface area contributed by atoms with Crippen molar-refractivity contribution in [2.75, 3.05) is 0 Å². The number of hydrogen-bond donors (Lipinski definition) is 0. The molecule has 0 aromatic heterocycles. The first-order chi connectivity index (χ1) is 12.3. The summed E-state index contributed by atoms with van der Waals surface area (Å²) in [6, 6.07) is 8.68. The van der Waals surface area contributed by atoms with Crippen LogP contribution in [-0.4, -0.2) is 5.90 Å². The third-order valence-electron chi connectivity index (χ3n) is 5.32. The summed E-state index contributed by atoms with van der Waals surface area (Å²) in [5, 5.41) is 0. The molecule has 0 saturated heterocycles. The van der Waals surface area contributed by atoms with Crippen molar-refractivity contribution in [3.8, 4) is 0 Å². The number of rotatable bonds is 12. The van der Waals surface area contributed by atoms with Gasteiger partial charge in [0.2, 0.25) is 0 Å². The van der Waals surface area contributed by atoms with E-state index >= 15 is 0 Å². The average Bonchev–Trinajstić information content (AvgIpc) is 2.62. The molecule has 1 aromatic carbocycles. The van der Waals surface area contributed by atoms with E-state index < -0.39 is 0 Å². The Labute approximate surface area is 155 Å². The van der Waals surface area contributed by atoms with Gasteiger partial charge in [-0.2, -0.15) is 0 Å². The smallest absolute Gasteiger partial charge is 0.189 e. The maximum absolute atomic E-state index is 6.69. The Bertz CT molecular complexity index is 525. The summed E-state index contributed by atoms with van der Waals surface area (Å²) in [4.78, 5) is 4.86. The summed E-state index contributed by atoms with van der Waals surface area (Å²) in [7, 11) is 0. The first kappa shape index (κ1) is 20.0. The Morgan fingerprint density at radius 2 is 1.40 bits per heavy atom. The minimum atomic E-state index is -0.149. The number of nitrogens with zero attached hydrogens (tertiary/aromatic N) is 1.